The van der Waals surface area contributed by atoms with Gasteiger partial charge in [-0.05, 0) is 24.3 Å². The number of fused-ring (bicyclic) bond motifs is 4. The fourth-order valence-electron chi connectivity index (χ4n) is 4.42. The summed E-state index contributed by atoms with van der Waals surface area (Å²) in [6.07, 6.45) is 5.81. The number of nitrogens with zero attached hydrogens (tertiary/aromatic N) is 7. The van der Waals surface area contributed by atoms with Crippen molar-refractivity contribution in [3.05, 3.63) is 89.9 Å². The second-order valence-electron chi connectivity index (χ2n) is 8.31. The van der Waals surface area contributed by atoms with Crippen LogP contribution < -0.4 is 15.3 Å². The smallest absolute Gasteiger partial charge is 0.262 e. The molecule has 0 spiro atoms. The zero-order valence-corrected chi connectivity index (χ0v) is 18.4. The molecular formula is C24H23N8O+. The molecule has 0 bridgehead atoms. The van der Waals surface area contributed by atoms with Crippen LogP contribution in [0.25, 0.3) is 10.9 Å². The van der Waals surface area contributed by atoms with Gasteiger partial charge >= 0.3 is 0 Å². The molecule has 0 atom stereocenters. The monoisotopic (exact) mass is 439 g/mol. The molecule has 9 nitrogen and oxygen atoms in total. The molecule has 2 aromatic heterocycles. The van der Waals surface area contributed by atoms with E-state index in [0.717, 1.165) is 33.8 Å². The van der Waals surface area contributed by atoms with E-state index < -0.39 is 0 Å². The van der Waals surface area contributed by atoms with E-state index >= 15 is 0 Å². The van der Waals surface area contributed by atoms with Crippen molar-refractivity contribution in [3.63, 3.8) is 0 Å². The third-order valence-electron chi connectivity index (χ3n) is 6.00. The number of para-hydroxylation sites is 2. The van der Waals surface area contributed by atoms with E-state index in [-0.39, 0.29) is 5.91 Å². The average molecular weight is 440 g/mol. The Hall–Kier alpha value is -4.24. The summed E-state index contributed by atoms with van der Waals surface area (Å²) in [5.41, 5.74) is 5.51. The van der Waals surface area contributed by atoms with Crippen molar-refractivity contribution in [3.8, 4) is 0 Å². The zero-order valence-electron chi connectivity index (χ0n) is 18.4. The van der Waals surface area contributed by atoms with E-state index in [4.69, 9.17) is 9.97 Å². The number of hydrogen-bond acceptors (Lipinski definition) is 6. The molecule has 0 saturated heterocycles. The number of amides is 1. The summed E-state index contributed by atoms with van der Waals surface area (Å²) < 4.78 is 1.79. The van der Waals surface area contributed by atoms with Gasteiger partial charge in [0.25, 0.3) is 5.91 Å². The topological polar surface area (TPSA) is 87.0 Å². The molecule has 1 amide bonds. The molecular weight excluding hydrogens is 416 g/mol. The SMILES string of the molecule is CN(Cc1cnn(C)c1)c1nc(CN2C(=O)c3ccccc3N3[NH2+]C=C23)nc2ccccc12. The van der Waals surface area contributed by atoms with E-state index in [1.165, 1.54) is 0 Å². The van der Waals surface area contributed by atoms with Gasteiger partial charge in [0.2, 0.25) is 5.82 Å². The molecule has 0 radical (unpaired) electrons. The quantitative estimate of drug-likeness (QED) is 0.477. The van der Waals surface area contributed by atoms with E-state index in [1.807, 2.05) is 91.7 Å². The van der Waals surface area contributed by atoms with E-state index in [0.29, 0.717) is 24.5 Å². The van der Waals surface area contributed by atoms with Crippen LogP contribution in [0.1, 0.15) is 21.7 Å². The number of nitrogens with two attached hydrogens (primary N) is 1. The van der Waals surface area contributed by atoms with Crippen LogP contribution in [-0.2, 0) is 20.1 Å². The highest BCUT2D eigenvalue weighted by Crippen LogP contribution is 2.33. The number of benzene rings is 2. The Kier molecular flexibility index (Phi) is 4.37. The van der Waals surface area contributed by atoms with Gasteiger partial charge in [0.05, 0.1) is 23.8 Å². The van der Waals surface area contributed by atoms with Gasteiger partial charge in [-0.1, -0.05) is 24.3 Å². The summed E-state index contributed by atoms with van der Waals surface area (Å²) in [5, 5.41) is 7.28. The maximum absolute atomic E-state index is 13.3. The minimum absolute atomic E-state index is 0.0387. The van der Waals surface area contributed by atoms with Gasteiger partial charge in [0.15, 0.2) is 12.0 Å². The minimum atomic E-state index is -0.0387. The van der Waals surface area contributed by atoms with Gasteiger partial charge in [-0.15, -0.1) is 0 Å². The first-order valence-electron chi connectivity index (χ1n) is 10.8. The summed E-state index contributed by atoms with van der Waals surface area (Å²) in [7, 11) is 3.92. The molecule has 0 saturated carbocycles. The average Bonchev–Trinajstić information content (AvgIpc) is 3.21. The molecule has 4 aromatic rings. The minimum Gasteiger partial charge on any atom is -0.355 e. The van der Waals surface area contributed by atoms with Gasteiger partial charge in [-0.25, -0.2) is 15.4 Å². The molecule has 6 rings (SSSR count). The highest BCUT2D eigenvalue weighted by molar-refractivity contribution is 6.03. The van der Waals surface area contributed by atoms with Gasteiger partial charge in [-0.3, -0.25) is 14.4 Å². The first kappa shape index (κ1) is 19.4. The second-order valence-corrected chi connectivity index (χ2v) is 8.31. The number of carbonyl (C=O) groups excluding carboxylic acids is 1. The highest BCUT2D eigenvalue weighted by atomic mass is 16.2. The number of quaternary nitrogens is 1. The Bertz CT molecular complexity index is 1430. The van der Waals surface area contributed by atoms with Crippen LogP contribution in [-0.4, -0.2) is 37.6 Å². The molecule has 0 aliphatic carbocycles. The summed E-state index contributed by atoms with van der Waals surface area (Å²) in [4.78, 5) is 26.9. The largest absolute Gasteiger partial charge is 0.355 e. The van der Waals surface area contributed by atoms with Crippen molar-refractivity contribution in [2.45, 2.75) is 13.1 Å². The van der Waals surface area contributed by atoms with Gasteiger partial charge in [0, 0.05) is 37.8 Å². The summed E-state index contributed by atoms with van der Waals surface area (Å²) in [6, 6.07) is 15.6. The lowest BCUT2D eigenvalue weighted by Crippen LogP contribution is -2.97. The van der Waals surface area contributed by atoms with Gasteiger partial charge in [0.1, 0.15) is 11.5 Å². The molecule has 164 valence electrons. The van der Waals surface area contributed by atoms with Crippen molar-refractivity contribution in [2.75, 3.05) is 17.0 Å². The standard InChI is InChI=1S/C24H22N8O/c1-29(13-16-11-25-30(2)14-16)23-17-7-3-5-9-19(17)27-21(28-23)15-31-22-12-26-32(22)20-10-6-4-8-18(20)24(31)33/h3-12,14,26H,13,15H2,1-2H3/p+1. The van der Waals surface area contributed by atoms with Crippen LogP contribution in [0.4, 0.5) is 11.5 Å². The first-order valence-corrected chi connectivity index (χ1v) is 10.8. The van der Waals surface area contributed by atoms with Crippen molar-refractivity contribution in [2.24, 2.45) is 7.05 Å². The van der Waals surface area contributed by atoms with Crippen LogP contribution >= 0.6 is 0 Å². The molecule has 33 heavy (non-hydrogen) atoms. The number of aryl methyl sites for hydroxylation is 1. The lowest BCUT2D eigenvalue weighted by atomic mass is 10.1. The van der Waals surface area contributed by atoms with Gasteiger partial charge in [-0.2, -0.15) is 10.1 Å². The lowest BCUT2D eigenvalue weighted by molar-refractivity contribution is -0.626. The van der Waals surface area contributed by atoms with E-state index in [2.05, 4.69) is 10.00 Å². The number of carbonyl (C=O) groups is 1. The summed E-state index contributed by atoms with van der Waals surface area (Å²) >= 11 is 0. The summed E-state index contributed by atoms with van der Waals surface area (Å²) in [6.45, 7) is 0.958. The van der Waals surface area contributed by atoms with Crippen LogP contribution in [0.3, 0.4) is 0 Å². The molecule has 0 unspecified atom stereocenters. The van der Waals surface area contributed by atoms with Crippen molar-refractivity contribution in [1.29, 1.82) is 0 Å². The van der Waals surface area contributed by atoms with Crippen LogP contribution in [0, 0.1) is 0 Å². The molecule has 4 heterocycles. The molecule has 2 aromatic carbocycles. The van der Waals surface area contributed by atoms with Crippen LogP contribution in [0.15, 0.2) is 72.9 Å². The van der Waals surface area contributed by atoms with Crippen molar-refractivity contribution >= 4 is 28.3 Å². The molecule has 2 N–H and O–H groups in total. The summed E-state index contributed by atoms with van der Waals surface area (Å²) in [5.74, 6) is 2.24. The Labute approximate surface area is 190 Å². The van der Waals surface area contributed by atoms with Crippen LogP contribution in [0.2, 0.25) is 0 Å². The Morgan fingerprint density at radius 1 is 1.06 bits per heavy atom. The third kappa shape index (κ3) is 3.21. The first-order chi connectivity index (χ1) is 16.1. The predicted octanol–water partition coefficient (Wildman–Crippen LogP) is 1.75. The fourth-order valence-corrected chi connectivity index (χ4v) is 4.42. The fraction of sp³-hybridized carbons (Fsp3) is 0.167. The van der Waals surface area contributed by atoms with Crippen molar-refractivity contribution < 1.29 is 10.2 Å². The Morgan fingerprint density at radius 2 is 1.88 bits per heavy atom. The maximum Gasteiger partial charge on any atom is 0.262 e. The number of rotatable bonds is 5. The third-order valence-corrected chi connectivity index (χ3v) is 6.00. The Balaban J connectivity index is 1.37. The predicted molar refractivity (Wildman–Crippen MR) is 124 cm³/mol. The molecule has 0 fully saturated rings. The van der Waals surface area contributed by atoms with E-state index in [9.17, 15) is 4.79 Å². The number of hydrogen-bond donors (Lipinski definition) is 1. The van der Waals surface area contributed by atoms with Crippen LogP contribution in [0.5, 0.6) is 0 Å². The zero-order chi connectivity index (χ0) is 22.5. The Morgan fingerprint density at radius 3 is 2.67 bits per heavy atom. The molecule has 9 heteroatoms. The second kappa shape index (κ2) is 7.42. The maximum atomic E-state index is 13.3. The lowest BCUT2D eigenvalue weighted by Gasteiger charge is -2.40. The number of aromatic nitrogens is 4. The van der Waals surface area contributed by atoms with E-state index in [1.54, 1.807) is 9.58 Å². The highest BCUT2D eigenvalue weighted by Gasteiger charge is 2.41. The number of anilines is 2. The molecule has 2 aliphatic heterocycles. The van der Waals surface area contributed by atoms with Gasteiger partial charge < -0.3 is 4.90 Å². The molecule has 2 aliphatic rings. The van der Waals surface area contributed by atoms with Crippen molar-refractivity contribution in [1.82, 2.24) is 24.6 Å². The normalized spacial score (nSPS) is 14.6.